The van der Waals surface area contributed by atoms with E-state index in [-0.39, 0.29) is 0 Å². The molecule has 0 unspecified atom stereocenters. The molecule has 0 radical (unpaired) electrons. The summed E-state index contributed by atoms with van der Waals surface area (Å²) in [5.41, 5.74) is 4.81. The predicted octanol–water partition coefficient (Wildman–Crippen LogP) is 3.08. The van der Waals surface area contributed by atoms with Gasteiger partial charge in [0.2, 0.25) is 0 Å². The van der Waals surface area contributed by atoms with Crippen LogP contribution in [0.3, 0.4) is 0 Å². The lowest BCUT2D eigenvalue weighted by molar-refractivity contribution is 0.220. The fourth-order valence-electron chi connectivity index (χ4n) is 3.97. The molecule has 1 spiro atoms. The van der Waals surface area contributed by atoms with Gasteiger partial charge in [-0.2, -0.15) is 0 Å². The maximum atomic E-state index is 6.56. The van der Waals surface area contributed by atoms with Gasteiger partial charge in [-0.3, -0.25) is 0 Å². The van der Waals surface area contributed by atoms with Gasteiger partial charge in [0, 0.05) is 47.9 Å². The number of rotatable bonds is 0. The van der Waals surface area contributed by atoms with Gasteiger partial charge in [-0.1, -0.05) is 24.1 Å². The van der Waals surface area contributed by atoms with E-state index in [0.717, 1.165) is 24.7 Å². The van der Waals surface area contributed by atoms with Crippen LogP contribution in [-0.4, -0.2) is 19.6 Å². The molecule has 0 aromatic heterocycles. The van der Waals surface area contributed by atoms with Crippen LogP contribution in [0.25, 0.3) is 0 Å². The third kappa shape index (κ3) is 1.39. The Morgan fingerprint density at radius 2 is 2.06 bits per heavy atom. The number of hydrogen-bond acceptors (Lipinski definition) is 2. The van der Waals surface area contributed by atoms with Crippen LogP contribution in [0, 0.1) is 0 Å². The topological polar surface area (TPSA) is 15.3 Å². The first-order chi connectivity index (χ1) is 8.80. The SMILES string of the molecule is Clc1ccc2c3c1C1(CCC1)CCN3CCNC2. The highest BCUT2D eigenvalue weighted by atomic mass is 35.5. The molecule has 3 heteroatoms. The molecule has 0 bridgehead atoms. The number of anilines is 1. The molecule has 2 heterocycles. The summed E-state index contributed by atoms with van der Waals surface area (Å²) in [6.07, 6.45) is 5.34. The van der Waals surface area contributed by atoms with Gasteiger partial charge in [0.15, 0.2) is 0 Å². The maximum Gasteiger partial charge on any atom is 0.0465 e. The van der Waals surface area contributed by atoms with Crippen molar-refractivity contribution in [2.45, 2.75) is 37.6 Å². The third-order valence-corrected chi connectivity index (χ3v) is 5.42. The van der Waals surface area contributed by atoms with Gasteiger partial charge in [-0.05, 0) is 30.9 Å². The molecule has 0 atom stereocenters. The standard InChI is InChI=1S/C15H19ClN2/c16-12-3-2-11-10-17-7-9-18-8-6-15(4-1-5-15)13(12)14(11)18/h2-3,17H,1,4-10H2. The Morgan fingerprint density at radius 1 is 1.17 bits per heavy atom. The molecule has 1 saturated carbocycles. The van der Waals surface area contributed by atoms with Crippen LogP contribution >= 0.6 is 11.6 Å². The Morgan fingerprint density at radius 3 is 2.83 bits per heavy atom. The van der Waals surface area contributed by atoms with Gasteiger partial charge in [0.25, 0.3) is 0 Å². The minimum Gasteiger partial charge on any atom is -0.370 e. The first-order valence-electron chi connectivity index (χ1n) is 7.08. The minimum atomic E-state index is 0.420. The molecule has 0 amide bonds. The van der Waals surface area contributed by atoms with E-state index in [0.29, 0.717) is 5.41 Å². The summed E-state index contributed by atoms with van der Waals surface area (Å²) >= 11 is 6.56. The van der Waals surface area contributed by atoms with Crippen LogP contribution in [-0.2, 0) is 12.0 Å². The van der Waals surface area contributed by atoms with Gasteiger partial charge >= 0.3 is 0 Å². The molecule has 1 fully saturated rings. The van der Waals surface area contributed by atoms with Crippen molar-refractivity contribution in [3.8, 4) is 0 Å². The minimum absolute atomic E-state index is 0.420. The highest BCUT2D eigenvalue weighted by molar-refractivity contribution is 6.32. The molecule has 1 aromatic rings. The van der Waals surface area contributed by atoms with E-state index < -0.39 is 0 Å². The number of halogens is 1. The van der Waals surface area contributed by atoms with E-state index in [9.17, 15) is 0 Å². The smallest absolute Gasteiger partial charge is 0.0465 e. The van der Waals surface area contributed by atoms with Crippen LogP contribution in [0.4, 0.5) is 5.69 Å². The summed E-state index contributed by atoms with van der Waals surface area (Å²) in [5, 5.41) is 4.52. The van der Waals surface area contributed by atoms with Crippen LogP contribution < -0.4 is 10.2 Å². The lowest BCUT2D eigenvalue weighted by atomic mass is 9.60. The molecule has 4 rings (SSSR count). The zero-order valence-electron chi connectivity index (χ0n) is 10.6. The van der Waals surface area contributed by atoms with E-state index >= 15 is 0 Å². The van der Waals surface area contributed by atoms with Gasteiger partial charge in [0.1, 0.15) is 0 Å². The van der Waals surface area contributed by atoms with Crippen molar-refractivity contribution >= 4 is 17.3 Å². The van der Waals surface area contributed by atoms with Crippen molar-refractivity contribution in [3.63, 3.8) is 0 Å². The Kier molecular flexibility index (Phi) is 2.40. The van der Waals surface area contributed by atoms with Gasteiger partial charge < -0.3 is 10.2 Å². The van der Waals surface area contributed by atoms with Crippen LogP contribution in [0.2, 0.25) is 5.02 Å². The van der Waals surface area contributed by atoms with Crippen LogP contribution in [0.1, 0.15) is 36.8 Å². The zero-order valence-corrected chi connectivity index (χ0v) is 11.4. The monoisotopic (exact) mass is 262 g/mol. The molecule has 0 saturated heterocycles. The molecule has 1 N–H and O–H groups in total. The fraction of sp³-hybridized carbons (Fsp3) is 0.600. The summed E-state index contributed by atoms with van der Waals surface area (Å²) in [5.74, 6) is 0. The van der Waals surface area contributed by atoms with Crippen molar-refractivity contribution in [2.75, 3.05) is 24.5 Å². The number of fused-ring (bicyclic) bond motifs is 1. The van der Waals surface area contributed by atoms with Crippen molar-refractivity contribution in [3.05, 3.63) is 28.3 Å². The highest BCUT2D eigenvalue weighted by Crippen LogP contribution is 2.55. The molecular weight excluding hydrogens is 244 g/mol. The Balaban J connectivity index is 1.95. The van der Waals surface area contributed by atoms with Gasteiger partial charge in [0.05, 0.1) is 0 Å². The normalized spacial score (nSPS) is 24.4. The average molecular weight is 263 g/mol. The first-order valence-corrected chi connectivity index (χ1v) is 7.46. The lowest BCUT2D eigenvalue weighted by Gasteiger charge is -2.50. The summed E-state index contributed by atoms with van der Waals surface area (Å²) in [4.78, 5) is 2.56. The van der Waals surface area contributed by atoms with E-state index in [1.54, 1.807) is 0 Å². The molecule has 96 valence electrons. The molecule has 2 aliphatic heterocycles. The van der Waals surface area contributed by atoms with Gasteiger partial charge in [-0.15, -0.1) is 0 Å². The summed E-state index contributed by atoms with van der Waals surface area (Å²) in [6.45, 7) is 4.41. The zero-order chi connectivity index (χ0) is 12.2. The quantitative estimate of drug-likeness (QED) is 0.773. The second kappa shape index (κ2) is 3.88. The second-order valence-corrected chi connectivity index (χ2v) is 6.39. The van der Waals surface area contributed by atoms with E-state index in [4.69, 9.17) is 11.6 Å². The molecular formula is C15H19ClN2. The molecule has 1 aliphatic carbocycles. The Bertz CT molecular complexity index is 494. The van der Waals surface area contributed by atoms with Crippen LogP contribution in [0.15, 0.2) is 12.1 Å². The summed E-state index contributed by atoms with van der Waals surface area (Å²) < 4.78 is 0. The summed E-state index contributed by atoms with van der Waals surface area (Å²) in [6, 6.07) is 4.33. The highest BCUT2D eigenvalue weighted by Gasteiger charge is 2.45. The lowest BCUT2D eigenvalue weighted by Crippen LogP contribution is -2.45. The predicted molar refractivity (Wildman–Crippen MR) is 75.5 cm³/mol. The van der Waals surface area contributed by atoms with E-state index in [1.165, 1.54) is 49.0 Å². The number of benzene rings is 1. The Hall–Kier alpha value is -0.730. The van der Waals surface area contributed by atoms with Crippen molar-refractivity contribution in [2.24, 2.45) is 0 Å². The molecule has 18 heavy (non-hydrogen) atoms. The van der Waals surface area contributed by atoms with Crippen LogP contribution in [0.5, 0.6) is 0 Å². The molecule has 1 aromatic carbocycles. The van der Waals surface area contributed by atoms with Crippen molar-refractivity contribution in [1.29, 1.82) is 0 Å². The first kappa shape index (κ1) is 11.1. The average Bonchev–Trinajstić information content (AvgIpc) is 2.55. The second-order valence-electron chi connectivity index (χ2n) is 5.98. The molecule has 3 aliphatic rings. The Labute approximate surface area is 113 Å². The number of hydrogen-bond donors (Lipinski definition) is 1. The number of nitrogens with zero attached hydrogens (tertiary/aromatic N) is 1. The molecule has 2 nitrogen and oxygen atoms in total. The third-order valence-electron chi connectivity index (χ3n) is 5.10. The largest absolute Gasteiger partial charge is 0.370 e. The van der Waals surface area contributed by atoms with E-state index in [2.05, 4.69) is 22.3 Å². The maximum absolute atomic E-state index is 6.56. The van der Waals surface area contributed by atoms with E-state index in [1.807, 2.05) is 0 Å². The number of nitrogens with one attached hydrogen (secondary N) is 1. The fourth-order valence-corrected chi connectivity index (χ4v) is 4.32. The summed E-state index contributed by atoms with van der Waals surface area (Å²) in [7, 11) is 0. The van der Waals surface area contributed by atoms with Gasteiger partial charge in [-0.25, -0.2) is 0 Å². The van der Waals surface area contributed by atoms with Crippen molar-refractivity contribution in [1.82, 2.24) is 5.32 Å². The van der Waals surface area contributed by atoms with Crippen molar-refractivity contribution < 1.29 is 0 Å².